The Morgan fingerprint density at radius 3 is 2.67 bits per heavy atom. The van der Waals surface area contributed by atoms with Crippen molar-refractivity contribution in [1.29, 1.82) is 0 Å². The second-order valence-electron chi connectivity index (χ2n) is 4.18. The molecule has 21 heavy (non-hydrogen) atoms. The fourth-order valence-corrected chi connectivity index (χ4v) is 2.58. The normalized spacial score (nSPS) is 10.3. The minimum atomic E-state index is -0.603. The number of carbonyl (C=O) groups excluding carboxylic acids is 1. The van der Waals surface area contributed by atoms with Gasteiger partial charge in [0, 0.05) is 10.0 Å². The molecule has 0 aromatic heterocycles. The Balaban J connectivity index is 2.25. The van der Waals surface area contributed by atoms with Crippen molar-refractivity contribution in [2.45, 2.75) is 6.61 Å². The summed E-state index contributed by atoms with van der Waals surface area (Å²) in [5.41, 5.74) is 1.23. The average molecular weight is 390 g/mol. The van der Waals surface area contributed by atoms with E-state index in [0.29, 0.717) is 18.1 Å². The van der Waals surface area contributed by atoms with Crippen LogP contribution < -0.4 is 9.47 Å². The molecule has 2 aromatic carbocycles. The highest BCUT2D eigenvalue weighted by Crippen LogP contribution is 2.37. The number of ether oxygens (including phenoxy) is 2. The molecule has 2 aromatic rings. The maximum atomic E-state index is 11.2. The first kappa shape index (κ1) is 16.1. The molecule has 0 aliphatic carbocycles. The zero-order valence-corrected chi connectivity index (χ0v) is 14.1. The topological polar surface area (TPSA) is 35.5 Å². The highest BCUT2D eigenvalue weighted by molar-refractivity contribution is 9.10. The number of benzene rings is 2. The SMILES string of the molecule is COc1cc(C(=O)Cl)cc(Cl)c1OCc1cccc(Br)c1. The summed E-state index contributed by atoms with van der Waals surface area (Å²) in [7, 11) is 1.47. The first-order valence-corrected chi connectivity index (χ1v) is 7.50. The molecule has 0 fully saturated rings. The van der Waals surface area contributed by atoms with E-state index < -0.39 is 5.24 Å². The van der Waals surface area contributed by atoms with Crippen molar-refractivity contribution in [2.75, 3.05) is 7.11 Å². The highest BCUT2D eigenvalue weighted by atomic mass is 79.9. The van der Waals surface area contributed by atoms with Gasteiger partial charge in [-0.25, -0.2) is 0 Å². The molecular formula is C15H11BrCl2O3. The zero-order valence-electron chi connectivity index (χ0n) is 11.0. The van der Waals surface area contributed by atoms with E-state index in [-0.39, 0.29) is 10.6 Å². The van der Waals surface area contributed by atoms with Crippen LogP contribution in [0.5, 0.6) is 11.5 Å². The van der Waals surface area contributed by atoms with Crippen LogP contribution >= 0.6 is 39.1 Å². The van der Waals surface area contributed by atoms with E-state index in [4.69, 9.17) is 32.7 Å². The number of halogens is 3. The highest BCUT2D eigenvalue weighted by Gasteiger charge is 2.15. The lowest BCUT2D eigenvalue weighted by atomic mass is 10.2. The maximum Gasteiger partial charge on any atom is 0.252 e. The molecule has 0 bridgehead atoms. The summed E-state index contributed by atoms with van der Waals surface area (Å²) < 4.78 is 11.9. The van der Waals surface area contributed by atoms with Crippen molar-refractivity contribution in [3.63, 3.8) is 0 Å². The fourth-order valence-electron chi connectivity index (χ4n) is 1.76. The van der Waals surface area contributed by atoms with Crippen molar-refractivity contribution >= 4 is 44.4 Å². The summed E-state index contributed by atoms with van der Waals surface area (Å²) in [4.78, 5) is 11.2. The van der Waals surface area contributed by atoms with Gasteiger partial charge < -0.3 is 9.47 Å². The van der Waals surface area contributed by atoms with Gasteiger partial charge >= 0.3 is 0 Å². The molecule has 6 heteroatoms. The summed E-state index contributed by atoms with van der Waals surface area (Å²) in [6, 6.07) is 10.7. The van der Waals surface area contributed by atoms with Gasteiger partial charge in [0.25, 0.3) is 5.24 Å². The van der Waals surface area contributed by atoms with Gasteiger partial charge in [-0.3, -0.25) is 4.79 Å². The Morgan fingerprint density at radius 2 is 2.05 bits per heavy atom. The van der Waals surface area contributed by atoms with Crippen LogP contribution in [-0.4, -0.2) is 12.4 Å². The van der Waals surface area contributed by atoms with E-state index >= 15 is 0 Å². The predicted molar refractivity (Wildman–Crippen MR) is 86.7 cm³/mol. The average Bonchev–Trinajstić information content (AvgIpc) is 2.45. The van der Waals surface area contributed by atoms with Gasteiger partial charge in [0.1, 0.15) is 6.61 Å². The summed E-state index contributed by atoms with van der Waals surface area (Å²) in [5.74, 6) is 0.738. The molecule has 110 valence electrons. The smallest absolute Gasteiger partial charge is 0.252 e. The number of rotatable bonds is 5. The minimum absolute atomic E-state index is 0.258. The molecule has 2 rings (SSSR count). The monoisotopic (exact) mass is 388 g/mol. The van der Waals surface area contributed by atoms with Gasteiger partial charge in [-0.05, 0) is 41.4 Å². The standard InChI is InChI=1S/C15H11BrCl2O3/c1-20-13-7-10(15(18)19)6-12(17)14(13)21-8-9-3-2-4-11(16)5-9/h2-7H,8H2,1H3. The Labute approximate surface area is 140 Å². The third-order valence-electron chi connectivity index (χ3n) is 2.73. The Bertz CT molecular complexity index is 674. The van der Waals surface area contributed by atoms with Crippen molar-refractivity contribution in [2.24, 2.45) is 0 Å². The number of hydrogen-bond donors (Lipinski definition) is 0. The third kappa shape index (κ3) is 4.13. The van der Waals surface area contributed by atoms with E-state index in [1.54, 1.807) is 0 Å². The molecule has 0 aliphatic heterocycles. The van der Waals surface area contributed by atoms with Crippen LogP contribution in [0.3, 0.4) is 0 Å². The summed E-state index contributed by atoms with van der Waals surface area (Å²) in [6.07, 6.45) is 0. The molecule has 0 atom stereocenters. The summed E-state index contributed by atoms with van der Waals surface area (Å²) in [6.45, 7) is 0.323. The predicted octanol–water partition coefficient (Wildman–Crippen LogP) is 5.07. The van der Waals surface area contributed by atoms with Gasteiger partial charge in [-0.1, -0.05) is 39.7 Å². The van der Waals surface area contributed by atoms with Crippen LogP contribution in [0.2, 0.25) is 5.02 Å². The lowest BCUT2D eigenvalue weighted by Crippen LogP contribution is -2.00. The third-order valence-corrected chi connectivity index (χ3v) is 3.72. The summed E-state index contributed by atoms with van der Waals surface area (Å²) in [5, 5.41) is -0.331. The van der Waals surface area contributed by atoms with Crippen LogP contribution in [0.1, 0.15) is 15.9 Å². The van der Waals surface area contributed by atoms with Crippen LogP contribution in [0, 0.1) is 0 Å². The van der Waals surface area contributed by atoms with Gasteiger partial charge in [0.2, 0.25) is 0 Å². The van der Waals surface area contributed by atoms with Gasteiger partial charge in [0.15, 0.2) is 11.5 Å². The number of methoxy groups -OCH3 is 1. The molecule has 0 N–H and O–H groups in total. The van der Waals surface area contributed by atoms with E-state index in [9.17, 15) is 4.79 Å². The molecule has 0 heterocycles. The Kier molecular flexibility index (Phi) is 5.51. The van der Waals surface area contributed by atoms with Gasteiger partial charge in [-0.2, -0.15) is 0 Å². The maximum absolute atomic E-state index is 11.2. The number of carbonyl (C=O) groups is 1. The van der Waals surface area contributed by atoms with Gasteiger partial charge in [-0.15, -0.1) is 0 Å². The molecule has 3 nitrogen and oxygen atoms in total. The molecule has 0 saturated carbocycles. The lowest BCUT2D eigenvalue weighted by molar-refractivity contribution is 0.108. The van der Waals surface area contributed by atoms with E-state index in [1.807, 2.05) is 24.3 Å². The molecule has 0 unspecified atom stereocenters. The van der Waals surface area contributed by atoms with Crippen molar-refractivity contribution < 1.29 is 14.3 Å². The fraction of sp³-hybridized carbons (Fsp3) is 0.133. The van der Waals surface area contributed by atoms with Gasteiger partial charge in [0.05, 0.1) is 12.1 Å². The first-order chi connectivity index (χ1) is 10.0. The van der Waals surface area contributed by atoms with Crippen LogP contribution in [0.4, 0.5) is 0 Å². The van der Waals surface area contributed by atoms with Crippen LogP contribution in [-0.2, 0) is 6.61 Å². The van der Waals surface area contributed by atoms with Crippen LogP contribution in [0.25, 0.3) is 0 Å². The lowest BCUT2D eigenvalue weighted by Gasteiger charge is -2.13. The second-order valence-corrected chi connectivity index (χ2v) is 5.85. The molecular weight excluding hydrogens is 379 g/mol. The van der Waals surface area contributed by atoms with Crippen molar-refractivity contribution in [1.82, 2.24) is 0 Å². The molecule has 0 spiro atoms. The Morgan fingerprint density at radius 1 is 1.29 bits per heavy atom. The Hall–Kier alpha value is -1.23. The van der Waals surface area contributed by atoms with E-state index in [0.717, 1.165) is 10.0 Å². The molecule has 0 saturated heterocycles. The largest absolute Gasteiger partial charge is 0.493 e. The van der Waals surface area contributed by atoms with Crippen molar-refractivity contribution in [3.05, 3.63) is 57.0 Å². The van der Waals surface area contributed by atoms with E-state index in [1.165, 1.54) is 19.2 Å². The second kappa shape index (κ2) is 7.16. The van der Waals surface area contributed by atoms with Crippen LogP contribution in [0.15, 0.2) is 40.9 Å². The molecule has 0 aliphatic rings. The quantitative estimate of drug-likeness (QED) is 0.669. The molecule has 0 radical (unpaired) electrons. The summed E-state index contributed by atoms with van der Waals surface area (Å²) >= 11 is 15.0. The minimum Gasteiger partial charge on any atom is -0.493 e. The first-order valence-electron chi connectivity index (χ1n) is 5.96. The number of hydrogen-bond acceptors (Lipinski definition) is 3. The zero-order chi connectivity index (χ0) is 15.4. The molecule has 0 amide bonds. The van der Waals surface area contributed by atoms with Crippen molar-refractivity contribution in [3.8, 4) is 11.5 Å². The van der Waals surface area contributed by atoms with E-state index in [2.05, 4.69) is 15.9 Å².